The summed E-state index contributed by atoms with van der Waals surface area (Å²) in [5.41, 5.74) is 2.41. The van der Waals surface area contributed by atoms with E-state index in [9.17, 15) is 13.2 Å². The smallest absolute Gasteiger partial charge is 0.233 e. The van der Waals surface area contributed by atoms with Crippen molar-refractivity contribution in [2.24, 2.45) is 0 Å². The lowest BCUT2D eigenvalue weighted by molar-refractivity contribution is -0.133. The highest BCUT2D eigenvalue weighted by molar-refractivity contribution is 8.00. The lowest BCUT2D eigenvalue weighted by Gasteiger charge is -2.38. The van der Waals surface area contributed by atoms with E-state index in [4.69, 9.17) is 0 Å². The van der Waals surface area contributed by atoms with Gasteiger partial charge in [-0.05, 0) is 44.7 Å². The fraction of sp³-hybridized carbons (Fsp3) is 0.650. The number of carbonyl (C=O) groups is 1. The summed E-state index contributed by atoms with van der Waals surface area (Å²) in [6.45, 7) is 4.14. The third kappa shape index (κ3) is 4.83. The van der Waals surface area contributed by atoms with Gasteiger partial charge >= 0.3 is 0 Å². The number of sulfone groups is 1. The van der Waals surface area contributed by atoms with Crippen LogP contribution in [0.25, 0.3) is 0 Å². The summed E-state index contributed by atoms with van der Waals surface area (Å²) in [6.07, 6.45) is 6.11. The van der Waals surface area contributed by atoms with Gasteiger partial charge in [-0.25, -0.2) is 8.42 Å². The second-order valence-electron chi connectivity index (χ2n) is 7.71. The van der Waals surface area contributed by atoms with Gasteiger partial charge in [-0.3, -0.25) is 4.79 Å². The van der Waals surface area contributed by atoms with Crippen molar-refractivity contribution in [1.82, 2.24) is 4.90 Å². The van der Waals surface area contributed by atoms with E-state index in [0.717, 1.165) is 30.6 Å². The Kier molecular flexibility index (Phi) is 6.33. The summed E-state index contributed by atoms with van der Waals surface area (Å²) in [7, 11) is -2.99. The zero-order valence-electron chi connectivity index (χ0n) is 15.7. The monoisotopic (exact) mass is 395 g/mol. The maximum absolute atomic E-state index is 13.1. The van der Waals surface area contributed by atoms with E-state index < -0.39 is 9.84 Å². The molecule has 26 heavy (non-hydrogen) atoms. The molecule has 0 spiro atoms. The molecule has 1 heterocycles. The Hall–Kier alpha value is -1.01. The topological polar surface area (TPSA) is 54.5 Å². The molecular formula is C20H29NO3S2. The van der Waals surface area contributed by atoms with Crippen molar-refractivity contribution in [1.29, 1.82) is 0 Å². The molecule has 1 unspecified atom stereocenters. The normalized spacial score (nSPS) is 23.1. The number of hydrogen-bond donors (Lipinski definition) is 0. The van der Waals surface area contributed by atoms with Gasteiger partial charge in [0.15, 0.2) is 9.84 Å². The summed E-state index contributed by atoms with van der Waals surface area (Å²) in [6, 6.07) is 6.37. The van der Waals surface area contributed by atoms with Gasteiger partial charge in [-0.1, -0.05) is 37.0 Å². The van der Waals surface area contributed by atoms with Crippen LogP contribution in [0, 0.1) is 13.8 Å². The number of aryl methyl sites for hydroxylation is 2. The van der Waals surface area contributed by atoms with E-state index in [2.05, 4.69) is 32.0 Å². The first-order valence-corrected chi connectivity index (χ1v) is 12.4. The molecule has 0 bridgehead atoms. The minimum atomic E-state index is -2.99. The van der Waals surface area contributed by atoms with Gasteiger partial charge in [0.2, 0.25) is 5.91 Å². The first-order chi connectivity index (χ1) is 12.4. The molecule has 1 aromatic carbocycles. The number of thioether (sulfide) groups is 1. The van der Waals surface area contributed by atoms with E-state index in [0.29, 0.717) is 12.2 Å². The van der Waals surface area contributed by atoms with Gasteiger partial charge in [-0.15, -0.1) is 11.8 Å². The molecule has 1 atom stereocenters. The van der Waals surface area contributed by atoms with Crippen LogP contribution in [-0.2, 0) is 14.6 Å². The Morgan fingerprint density at radius 2 is 1.85 bits per heavy atom. The fourth-order valence-corrected chi connectivity index (χ4v) is 6.82. The molecule has 2 fully saturated rings. The van der Waals surface area contributed by atoms with Gasteiger partial charge in [0, 0.05) is 17.0 Å². The number of benzene rings is 1. The van der Waals surface area contributed by atoms with Crippen LogP contribution in [0.2, 0.25) is 0 Å². The molecule has 144 valence electrons. The molecule has 2 aliphatic rings. The summed E-state index contributed by atoms with van der Waals surface area (Å²) in [5, 5.41) is 0. The molecule has 4 nitrogen and oxygen atoms in total. The van der Waals surface area contributed by atoms with Crippen molar-refractivity contribution in [3.8, 4) is 0 Å². The van der Waals surface area contributed by atoms with E-state index in [1.165, 1.54) is 17.5 Å². The van der Waals surface area contributed by atoms with Crippen LogP contribution >= 0.6 is 11.8 Å². The number of nitrogens with zero attached hydrogens (tertiary/aromatic N) is 1. The number of amides is 1. The predicted molar refractivity (Wildman–Crippen MR) is 107 cm³/mol. The van der Waals surface area contributed by atoms with Gasteiger partial charge < -0.3 is 4.90 Å². The van der Waals surface area contributed by atoms with Crippen LogP contribution in [0.3, 0.4) is 0 Å². The van der Waals surface area contributed by atoms with E-state index in [1.54, 1.807) is 11.8 Å². The summed E-state index contributed by atoms with van der Waals surface area (Å²) in [5.74, 6) is 0.850. The lowest BCUT2D eigenvalue weighted by atomic mass is 9.93. The van der Waals surface area contributed by atoms with Crippen LogP contribution in [0.15, 0.2) is 23.1 Å². The van der Waals surface area contributed by atoms with Gasteiger partial charge in [0.05, 0.1) is 17.3 Å². The van der Waals surface area contributed by atoms with Crippen molar-refractivity contribution in [2.75, 3.05) is 17.3 Å². The predicted octanol–water partition coefficient (Wildman–Crippen LogP) is 3.74. The zero-order chi connectivity index (χ0) is 18.7. The first-order valence-electron chi connectivity index (χ1n) is 9.57. The highest BCUT2D eigenvalue weighted by atomic mass is 32.2. The third-order valence-electron chi connectivity index (χ3n) is 5.54. The van der Waals surface area contributed by atoms with Gasteiger partial charge in [0.25, 0.3) is 0 Å². The minimum absolute atomic E-state index is 0.101. The quantitative estimate of drug-likeness (QED) is 0.713. The average molecular weight is 396 g/mol. The number of carbonyl (C=O) groups excluding carboxylic acids is 1. The molecule has 1 amide bonds. The Balaban J connectivity index is 1.71. The molecule has 0 N–H and O–H groups in total. The summed E-state index contributed by atoms with van der Waals surface area (Å²) >= 11 is 1.57. The molecule has 1 aliphatic heterocycles. The molecule has 0 radical (unpaired) electrons. The maximum atomic E-state index is 13.1. The first kappa shape index (κ1) is 19.7. The molecule has 1 aromatic rings. The minimum Gasteiger partial charge on any atom is -0.335 e. The Morgan fingerprint density at radius 1 is 1.12 bits per heavy atom. The average Bonchev–Trinajstić information content (AvgIpc) is 2.95. The van der Waals surface area contributed by atoms with Crippen molar-refractivity contribution in [2.45, 2.75) is 69.4 Å². The van der Waals surface area contributed by atoms with Crippen LogP contribution in [0.4, 0.5) is 0 Å². The Labute approximate surface area is 161 Å². The number of rotatable bonds is 5. The molecular weight excluding hydrogens is 366 g/mol. The standard InChI is InChI=1S/C20H29NO3S2/c1-15-8-9-19(16(2)12-15)25-13-20(22)21(17-6-4-3-5-7-17)18-10-11-26(23,24)14-18/h8-9,12,17-18H,3-7,10-11,13-14H2,1-2H3. The highest BCUT2D eigenvalue weighted by Crippen LogP contribution is 2.30. The highest BCUT2D eigenvalue weighted by Gasteiger charge is 2.38. The van der Waals surface area contributed by atoms with E-state index in [1.807, 2.05) is 4.90 Å². The lowest BCUT2D eigenvalue weighted by Crippen LogP contribution is -2.49. The van der Waals surface area contributed by atoms with Crippen LogP contribution < -0.4 is 0 Å². The third-order valence-corrected chi connectivity index (χ3v) is 8.45. The number of hydrogen-bond acceptors (Lipinski definition) is 4. The van der Waals surface area contributed by atoms with Crippen LogP contribution in [-0.4, -0.2) is 48.6 Å². The second kappa shape index (κ2) is 8.34. The molecule has 3 rings (SSSR count). The van der Waals surface area contributed by atoms with Crippen LogP contribution in [0.5, 0.6) is 0 Å². The van der Waals surface area contributed by atoms with E-state index in [-0.39, 0.29) is 29.5 Å². The molecule has 1 aliphatic carbocycles. The van der Waals surface area contributed by atoms with Crippen molar-refractivity contribution in [3.05, 3.63) is 29.3 Å². The largest absolute Gasteiger partial charge is 0.335 e. The molecule has 6 heteroatoms. The van der Waals surface area contributed by atoms with Crippen molar-refractivity contribution >= 4 is 27.5 Å². The molecule has 0 aromatic heterocycles. The Bertz CT molecular complexity index is 754. The van der Waals surface area contributed by atoms with Gasteiger partial charge in [-0.2, -0.15) is 0 Å². The zero-order valence-corrected chi connectivity index (χ0v) is 17.4. The summed E-state index contributed by atoms with van der Waals surface area (Å²) in [4.78, 5) is 16.2. The van der Waals surface area contributed by atoms with Crippen molar-refractivity contribution in [3.63, 3.8) is 0 Å². The Morgan fingerprint density at radius 3 is 2.46 bits per heavy atom. The molecule has 1 saturated heterocycles. The fourth-order valence-electron chi connectivity index (χ4n) is 4.23. The van der Waals surface area contributed by atoms with Crippen molar-refractivity contribution < 1.29 is 13.2 Å². The SMILES string of the molecule is Cc1ccc(SCC(=O)N(C2CCCCC2)C2CCS(=O)(=O)C2)c(C)c1. The second-order valence-corrected chi connectivity index (χ2v) is 11.0. The summed E-state index contributed by atoms with van der Waals surface area (Å²) < 4.78 is 23.9. The van der Waals surface area contributed by atoms with E-state index >= 15 is 0 Å². The molecule has 1 saturated carbocycles. The maximum Gasteiger partial charge on any atom is 0.233 e. The van der Waals surface area contributed by atoms with Crippen LogP contribution in [0.1, 0.15) is 49.7 Å². The van der Waals surface area contributed by atoms with Gasteiger partial charge in [0.1, 0.15) is 0 Å².